The fourth-order valence-electron chi connectivity index (χ4n) is 1.95. The van der Waals surface area contributed by atoms with Gasteiger partial charge in [0.25, 0.3) is 5.92 Å². The third-order valence-corrected chi connectivity index (χ3v) is 3.17. The highest BCUT2D eigenvalue weighted by atomic mass is 19.3. The fourth-order valence-corrected chi connectivity index (χ4v) is 1.95. The standard InChI is InChI=1S/C13H16F2N2O/c1-12(2,16)13(14,15)9-4-5-10-8(7-9)3-6-11(18)17-10/h4-5,7H,3,6,16H2,1-2H3,(H,17,18). The van der Waals surface area contributed by atoms with Gasteiger partial charge in [-0.3, -0.25) is 4.79 Å². The average Bonchev–Trinajstić information content (AvgIpc) is 2.26. The number of nitrogens with two attached hydrogens (primary N) is 1. The van der Waals surface area contributed by atoms with Gasteiger partial charge < -0.3 is 11.1 Å². The largest absolute Gasteiger partial charge is 0.326 e. The Labute approximate surface area is 104 Å². The zero-order chi connectivity index (χ0) is 13.6. The lowest BCUT2D eigenvalue weighted by atomic mass is 9.89. The molecule has 0 spiro atoms. The number of nitrogens with one attached hydrogen (secondary N) is 1. The van der Waals surface area contributed by atoms with E-state index in [0.29, 0.717) is 18.5 Å². The molecule has 98 valence electrons. The molecule has 0 saturated heterocycles. The number of carbonyl (C=O) groups is 1. The van der Waals surface area contributed by atoms with E-state index < -0.39 is 11.5 Å². The summed E-state index contributed by atoms with van der Waals surface area (Å²) in [5, 5.41) is 2.66. The van der Waals surface area contributed by atoms with Gasteiger partial charge in [-0.1, -0.05) is 6.07 Å². The summed E-state index contributed by atoms with van der Waals surface area (Å²) in [4.78, 5) is 11.2. The molecule has 18 heavy (non-hydrogen) atoms. The number of hydrogen-bond acceptors (Lipinski definition) is 2. The minimum Gasteiger partial charge on any atom is -0.326 e. The number of amides is 1. The SMILES string of the molecule is CC(C)(N)C(F)(F)c1ccc2c(c1)CCC(=O)N2. The molecule has 1 aromatic rings. The summed E-state index contributed by atoms with van der Waals surface area (Å²) in [6, 6.07) is 4.27. The molecule has 1 aliphatic rings. The molecule has 1 amide bonds. The predicted octanol–water partition coefficient (Wildman–Crippen LogP) is 2.40. The molecule has 3 N–H and O–H groups in total. The molecule has 0 aliphatic carbocycles. The Balaban J connectivity index is 2.41. The van der Waals surface area contributed by atoms with Crippen LogP contribution in [-0.2, 0) is 17.1 Å². The lowest BCUT2D eigenvalue weighted by Gasteiger charge is -2.31. The summed E-state index contributed by atoms with van der Waals surface area (Å²) < 4.78 is 28.2. The van der Waals surface area contributed by atoms with E-state index in [1.165, 1.54) is 32.0 Å². The van der Waals surface area contributed by atoms with Crippen LogP contribution in [0, 0.1) is 0 Å². The molecular formula is C13H16F2N2O. The second kappa shape index (κ2) is 4.02. The summed E-state index contributed by atoms with van der Waals surface area (Å²) in [5.74, 6) is -3.19. The quantitative estimate of drug-likeness (QED) is 0.851. The lowest BCUT2D eigenvalue weighted by Crippen LogP contribution is -2.48. The van der Waals surface area contributed by atoms with Crippen LogP contribution in [0.2, 0.25) is 0 Å². The molecule has 0 fully saturated rings. The van der Waals surface area contributed by atoms with Crippen LogP contribution in [0.25, 0.3) is 0 Å². The van der Waals surface area contributed by atoms with E-state index in [1.807, 2.05) is 0 Å². The molecule has 1 aromatic carbocycles. The molecule has 2 rings (SSSR count). The Morgan fingerprint density at radius 3 is 2.56 bits per heavy atom. The van der Waals surface area contributed by atoms with Gasteiger partial charge in [-0.25, -0.2) is 0 Å². The van der Waals surface area contributed by atoms with Crippen molar-refractivity contribution in [3.63, 3.8) is 0 Å². The minimum absolute atomic E-state index is 0.0823. The second-order valence-electron chi connectivity index (χ2n) is 5.22. The van der Waals surface area contributed by atoms with Crippen LogP contribution in [0.15, 0.2) is 18.2 Å². The second-order valence-corrected chi connectivity index (χ2v) is 5.22. The maximum atomic E-state index is 14.1. The minimum atomic E-state index is -3.11. The van der Waals surface area contributed by atoms with Gasteiger partial charge in [0.15, 0.2) is 0 Å². The third-order valence-electron chi connectivity index (χ3n) is 3.17. The van der Waals surface area contributed by atoms with Crippen LogP contribution in [-0.4, -0.2) is 11.4 Å². The number of carbonyl (C=O) groups excluding carboxylic acids is 1. The number of aryl methyl sites for hydroxylation is 1. The normalized spacial score (nSPS) is 16.2. The van der Waals surface area contributed by atoms with Crippen molar-refractivity contribution < 1.29 is 13.6 Å². The van der Waals surface area contributed by atoms with E-state index in [0.717, 1.165) is 5.56 Å². The van der Waals surface area contributed by atoms with Crippen molar-refractivity contribution in [1.82, 2.24) is 0 Å². The molecule has 0 unspecified atom stereocenters. The van der Waals surface area contributed by atoms with Crippen LogP contribution in [0.3, 0.4) is 0 Å². The number of anilines is 1. The number of hydrogen-bond donors (Lipinski definition) is 2. The maximum absolute atomic E-state index is 14.1. The Kier molecular flexibility index (Phi) is 2.89. The zero-order valence-electron chi connectivity index (χ0n) is 10.4. The highest BCUT2D eigenvalue weighted by Crippen LogP contribution is 2.39. The molecule has 1 aliphatic heterocycles. The molecular weight excluding hydrogens is 238 g/mol. The van der Waals surface area contributed by atoms with E-state index in [-0.39, 0.29) is 11.5 Å². The van der Waals surface area contributed by atoms with Crippen LogP contribution in [0.4, 0.5) is 14.5 Å². The number of fused-ring (bicyclic) bond motifs is 1. The highest BCUT2D eigenvalue weighted by molar-refractivity contribution is 5.93. The van der Waals surface area contributed by atoms with E-state index in [4.69, 9.17) is 5.73 Å². The first-order valence-electron chi connectivity index (χ1n) is 5.82. The van der Waals surface area contributed by atoms with Gasteiger partial charge in [-0.2, -0.15) is 8.78 Å². The predicted molar refractivity (Wildman–Crippen MR) is 65.6 cm³/mol. The number of rotatable bonds is 2. The van der Waals surface area contributed by atoms with Crippen LogP contribution in [0.1, 0.15) is 31.4 Å². The molecule has 0 aromatic heterocycles. The first kappa shape index (κ1) is 13.0. The van der Waals surface area contributed by atoms with Gasteiger partial charge >= 0.3 is 0 Å². The summed E-state index contributed by atoms with van der Waals surface area (Å²) >= 11 is 0. The monoisotopic (exact) mass is 254 g/mol. The lowest BCUT2D eigenvalue weighted by molar-refractivity contribution is -0.116. The Morgan fingerprint density at radius 1 is 1.28 bits per heavy atom. The smallest absolute Gasteiger partial charge is 0.290 e. The summed E-state index contributed by atoms with van der Waals surface area (Å²) in [6.45, 7) is 2.60. The van der Waals surface area contributed by atoms with Crippen molar-refractivity contribution in [2.45, 2.75) is 38.2 Å². The summed E-state index contributed by atoms with van der Waals surface area (Å²) in [6.07, 6.45) is 0.810. The Hall–Kier alpha value is -1.49. The van der Waals surface area contributed by atoms with Crippen LogP contribution in [0.5, 0.6) is 0 Å². The van der Waals surface area contributed by atoms with Gasteiger partial charge in [0.05, 0.1) is 5.54 Å². The fraction of sp³-hybridized carbons (Fsp3) is 0.462. The van der Waals surface area contributed by atoms with Crippen molar-refractivity contribution >= 4 is 11.6 Å². The van der Waals surface area contributed by atoms with E-state index in [9.17, 15) is 13.6 Å². The zero-order valence-corrected chi connectivity index (χ0v) is 10.4. The molecule has 5 heteroatoms. The van der Waals surface area contributed by atoms with Crippen LogP contribution >= 0.6 is 0 Å². The number of halogens is 2. The molecule has 0 bridgehead atoms. The Morgan fingerprint density at radius 2 is 1.94 bits per heavy atom. The van der Waals surface area contributed by atoms with Gasteiger partial charge in [-0.05, 0) is 38.0 Å². The van der Waals surface area contributed by atoms with Crippen molar-refractivity contribution in [2.75, 3.05) is 5.32 Å². The topological polar surface area (TPSA) is 55.1 Å². The first-order valence-corrected chi connectivity index (χ1v) is 5.82. The third kappa shape index (κ3) is 2.10. The summed E-state index contributed by atoms with van der Waals surface area (Å²) in [7, 11) is 0. The highest BCUT2D eigenvalue weighted by Gasteiger charge is 2.45. The van der Waals surface area contributed by atoms with Crippen LogP contribution < -0.4 is 11.1 Å². The molecule has 1 heterocycles. The molecule has 0 saturated carbocycles. The van der Waals surface area contributed by atoms with Gasteiger partial charge in [-0.15, -0.1) is 0 Å². The van der Waals surface area contributed by atoms with Crippen molar-refractivity contribution in [1.29, 1.82) is 0 Å². The van der Waals surface area contributed by atoms with Gasteiger partial charge in [0.1, 0.15) is 0 Å². The van der Waals surface area contributed by atoms with Crippen molar-refractivity contribution in [2.24, 2.45) is 5.73 Å². The first-order chi connectivity index (χ1) is 8.22. The van der Waals surface area contributed by atoms with E-state index in [2.05, 4.69) is 5.32 Å². The van der Waals surface area contributed by atoms with Crippen molar-refractivity contribution in [3.8, 4) is 0 Å². The van der Waals surface area contributed by atoms with E-state index in [1.54, 1.807) is 0 Å². The van der Waals surface area contributed by atoms with E-state index >= 15 is 0 Å². The average molecular weight is 254 g/mol. The number of alkyl halides is 2. The molecule has 0 atom stereocenters. The Bertz CT molecular complexity index is 492. The van der Waals surface area contributed by atoms with Crippen molar-refractivity contribution in [3.05, 3.63) is 29.3 Å². The van der Waals surface area contributed by atoms with Gasteiger partial charge in [0.2, 0.25) is 5.91 Å². The maximum Gasteiger partial charge on any atom is 0.290 e. The molecule has 0 radical (unpaired) electrons. The molecule has 3 nitrogen and oxygen atoms in total. The van der Waals surface area contributed by atoms with Gasteiger partial charge in [0, 0.05) is 17.7 Å². The number of benzene rings is 1. The summed E-state index contributed by atoms with van der Waals surface area (Å²) in [5.41, 5.74) is 5.14.